The average molecular weight is 401 g/mol. The maximum Gasteiger partial charge on any atom is 0.299 e. The first-order valence-electron chi connectivity index (χ1n) is 8.96. The van der Waals surface area contributed by atoms with Gasteiger partial charge in [0.1, 0.15) is 5.69 Å². The van der Waals surface area contributed by atoms with Crippen LogP contribution in [0.2, 0.25) is 0 Å². The molecule has 0 spiro atoms. The number of nitro groups is 2. The molecule has 0 heterocycles. The van der Waals surface area contributed by atoms with E-state index in [2.05, 4.69) is 5.32 Å². The van der Waals surface area contributed by atoms with Gasteiger partial charge in [0.15, 0.2) is 0 Å². The third kappa shape index (κ3) is 4.66. The quantitative estimate of drug-likeness (QED) is 0.527. The Morgan fingerprint density at radius 1 is 0.964 bits per heavy atom. The van der Waals surface area contributed by atoms with Gasteiger partial charge in [0.25, 0.3) is 11.4 Å². The molecular weight excluding hydrogens is 382 g/mol. The molecule has 0 atom stereocenters. The summed E-state index contributed by atoms with van der Waals surface area (Å²) >= 11 is 1.12. The minimum Gasteiger partial charge on any atom is -0.320 e. The first-order chi connectivity index (χ1) is 13.5. The van der Waals surface area contributed by atoms with Gasteiger partial charge in [-0.15, -0.1) is 0 Å². The van der Waals surface area contributed by atoms with Crippen molar-refractivity contribution in [3.05, 3.63) is 62.7 Å². The Hall–Kier alpha value is -2.94. The number of carbonyl (C=O) groups excluding carboxylic acids is 1. The molecule has 0 unspecified atom stereocenters. The Labute approximate surface area is 165 Å². The van der Waals surface area contributed by atoms with Crippen molar-refractivity contribution < 1.29 is 14.6 Å². The molecule has 2 aromatic rings. The number of nitro benzene ring substituents is 2. The van der Waals surface area contributed by atoms with Crippen molar-refractivity contribution >= 4 is 34.7 Å². The van der Waals surface area contributed by atoms with E-state index in [0.717, 1.165) is 54.8 Å². The highest BCUT2D eigenvalue weighted by molar-refractivity contribution is 7.99. The summed E-state index contributed by atoms with van der Waals surface area (Å²) in [5, 5.41) is 25.5. The largest absolute Gasteiger partial charge is 0.320 e. The van der Waals surface area contributed by atoms with E-state index < -0.39 is 15.5 Å². The number of amides is 1. The number of hydrogen-bond acceptors (Lipinski definition) is 6. The van der Waals surface area contributed by atoms with Gasteiger partial charge in [0.05, 0.1) is 20.8 Å². The highest BCUT2D eigenvalue weighted by Gasteiger charge is 2.28. The van der Waals surface area contributed by atoms with Gasteiger partial charge >= 0.3 is 0 Å². The maximum atomic E-state index is 12.6. The molecule has 1 amide bonds. The zero-order chi connectivity index (χ0) is 20.1. The fraction of sp³-hybridized carbons (Fsp3) is 0.316. The molecular formula is C19H19N3O5S. The summed E-state index contributed by atoms with van der Waals surface area (Å²) in [6.45, 7) is 0. The zero-order valence-electron chi connectivity index (χ0n) is 15.0. The van der Waals surface area contributed by atoms with Crippen LogP contribution in [-0.2, 0) is 4.79 Å². The second-order valence-corrected chi connectivity index (χ2v) is 7.71. The predicted octanol–water partition coefficient (Wildman–Crippen LogP) is 5.17. The van der Waals surface area contributed by atoms with E-state index in [1.165, 1.54) is 6.07 Å². The van der Waals surface area contributed by atoms with Crippen LogP contribution in [0.25, 0.3) is 0 Å². The summed E-state index contributed by atoms with van der Waals surface area (Å²) in [6, 6.07) is 11.2. The monoisotopic (exact) mass is 401 g/mol. The fourth-order valence-corrected chi connectivity index (χ4v) is 4.21. The van der Waals surface area contributed by atoms with Gasteiger partial charge in [-0.3, -0.25) is 25.0 Å². The molecule has 0 saturated heterocycles. The summed E-state index contributed by atoms with van der Waals surface area (Å²) in [7, 11) is 0. The summed E-state index contributed by atoms with van der Waals surface area (Å²) in [6.07, 6.45) is 4.49. The number of carbonyl (C=O) groups is 1. The molecule has 8 nitrogen and oxygen atoms in total. The number of nitrogens with zero attached hydrogens (tertiary/aromatic N) is 2. The summed E-state index contributed by atoms with van der Waals surface area (Å²) < 4.78 is 0. The Kier molecular flexibility index (Phi) is 6.25. The van der Waals surface area contributed by atoms with E-state index in [4.69, 9.17) is 0 Å². The maximum absolute atomic E-state index is 12.6. The van der Waals surface area contributed by atoms with Gasteiger partial charge in [-0.25, -0.2) is 0 Å². The smallest absolute Gasteiger partial charge is 0.299 e. The van der Waals surface area contributed by atoms with Gasteiger partial charge in [-0.2, -0.15) is 0 Å². The van der Waals surface area contributed by atoms with Crippen molar-refractivity contribution in [2.75, 3.05) is 5.32 Å². The van der Waals surface area contributed by atoms with Crippen molar-refractivity contribution in [1.82, 2.24) is 0 Å². The zero-order valence-corrected chi connectivity index (χ0v) is 15.8. The third-order valence-electron chi connectivity index (χ3n) is 4.68. The number of anilines is 1. The lowest BCUT2D eigenvalue weighted by atomic mass is 9.88. The number of nitrogens with one attached hydrogen (secondary N) is 1. The molecule has 2 aromatic carbocycles. The molecule has 1 saturated carbocycles. The van der Waals surface area contributed by atoms with Crippen molar-refractivity contribution in [2.45, 2.75) is 41.9 Å². The molecule has 146 valence electrons. The fourth-order valence-electron chi connectivity index (χ4n) is 3.25. The van der Waals surface area contributed by atoms with E-state index in [1.54, 1.807) is 24.3 Å². The lowest BCUT2D eigenvalue weighted by Gasteiger charge is -2.20. The lowest BCUT2D eigenvalue weighted by molar-refractivity contribution is -0.395. The molecule has 1 aliphatic rings. The highest BCUT2D eigenvalue weighted by Crippen LogP contribution is 2.41. The minimum absolute atomic E-state index is 0.00963. The van der Waals surface area contributed by atoms with Crippen LogP contribution < -0.4 is 5.32 Å². The van der Waals surface area contributed by atoms with Gasteiger partial charge in [-0.1, -0.05) is 49.2 Å². The van der Waals surface area contributed by atoms with E-state index >= 15 is 0 Å². The van der Waals surface area contributed by atoms with E-state index in [1.807, 2.05) is 6.07 Å². The minimum atomic E-state index is -0.708. The van der Waals surface area contributed by atoms with Gasteiger partial charge in [-0.05, 0) is 31.0 Å². The Balaban J connectivity index is 1.97. The Bertz CT molecular complexity index is 898. The van der Waals surface area contributed by atoms with Crippen LogP contribution in [-0.4, -0.2) is 15.8 Å². The second-order valence-electron chi connectivity index (χ2n) is 6.59. The molecule has 1 N–H and O–H groups in total. The van der Waals surface area contributed by atoms with Crippen LogP contribution in [0.1, 0.15) is 32.1 Å². The molecule has 9 heteroatoms. The topological polar surface area (TPSA) is 115 Å². The summed E-state index contributed by atoms with van der Waals surface area (Å²) in [5.74, 6) is -0.457. The first kappa shape index (κ1) is 19.8. The summed E-state index contributed by atoms with van der Waals surface area (Å²) in [4.78, 5) is 35.1. The molecule has 1 aliphatic carbocycles. The van der Waals surface area contributed by atoms with Crippen molar-refractivity contribution in [3.8, 4) is 0 Å². The molecule has 3 rings (SSSR count). The standard InChI is InChI=1S/C19H19N3O5S/c23-19(13-7-3-1-4-8-13)20-15-11-18(28-14-9-5-2-6-10-14)17(22(26)27)12-16(15)21(24)25/h2,5-6,9-13H,1,3-4,7-8H2,(H,20,23). The van der Waals surface area contributed by atoms with Crippen LogP contribution in [0.15, 0.2) is 52.3 Å². The Morgan fingerprint density at radius 2 is 1.61 bits per heavy atom. The van der Waals surface area contributed by atoms with Gasteiger partial charge in [0, 0.05) is 10.8 Å². The number of rotatable bonds is 6. The first-order valence-corrected chi connectivity index (χ1v) is 9.78. The molecule has 0 aliphatic heterocycles. The summed E-state index contributed by atoms with van der Waals surface area (Å²) in [5.41, 5.74) is -0.853. The van der Waals surface area contributed by atoms with E-state index in [0.29, 0.717) is 0 Å². The number of benzene rings is 2. The van der Waals surface area contributed by atoms with Crippen LogP contribution in [0, 0.1) is 26.1 Å². The lowest BCUT2D eigenvalue weighted by Crippen LogP contribution is -2.25. The SMILES string of the molecule is O=C(Nc1cc(Sc2ccccc2)c([N+](=O)[O-])cc1[N+](=O)[O-])C1CCCCC1. The van der Waals surface area contributed by atoms with Crippen molar-refractivity contribution in [2.24, 2.45) is 5.92 Å². The molecule has 28 heavy (non-hydrogen) atoms. The predicted molar refractivity (Wildman–Crippen MR) is 106 cm³/mol. The molecule has 0 radical (unpaired) electrons. The Morgan fingerprint density at radius 3 is 2.21 bits per heavy atom. The van der Waals surface area contributed by atoms with E-state index in [-0.39, 0.29) is 28.1 Å². The van der Waals surface area contributed by atoms with Crippen LogP contribution in [0.5, 0.6) is 0 Å². The molecule has 1 fully saturated rings. The molecule has 0 aromatic heterocycles. The number of hydrogen-bond donors (Lipinski definition) is 1. The van der Waals surface area contributed by atoms with Gasteiger partial charge in [0.2, 0.25) is 5.91 Å². The van der Waals surface area contributed by atoms with Crippen LogP contribution in [0.3, 0.4) is 0 Å². The van der Waals surface area contributed by atoms with Crippen LogP contribution in [0.4, 0.5) is 17.1 Å². The van der Waals surface area contributed by atoms with Crippen LogP contribution >= 0.6 is 11.8 Å². The second kappa shape index (κ2) is 8.83. The third-order valence-corrected chi connectivity index (χ3v) is 5.73. The average Bonchev–Trinajstić information content (AvgIpc) is 2.69. The highest BCUT2D eigenvalue weighted by atomic mass is 32.2. The van der Waals surface area contributed by atoms with Gasteiger partial charge < -0.3 is 5.32 Å². The van der Waals surface area contributed by atoms with E-state index in [9.17, 15) is 25.0 Å². The van der Waals surface area contributed by atoms with Crippen molar-refractivity contribution in [1.29, 1.82) is 0 Å². The normalized spacial score (nSPS) is 14.4. The van der Waals surface area contributed by atoms with Crippen molar-refractivity contribution in [3.63, 3.8) is 0 Å². The molecule has 0 bridgehead atoms.